The maximum atomic E-state index is 12.1. The number of rotatable bonds is 5. The zero-order chi connectivity index (χ0) is 16.1. The maximum Gasteiger partial charge on any atom is 0.410 e. The fraction of sp³-hybridized carbons (Fsp3) is 0.643. The van der Waals surface area contributed by atoms with Crippen molar-refractivity contribution < 1.29 is 14.3 Å². The summed E-state index contributed by atoms with van der Waals surface area (Å²) in [5.74, 6) is -0.188. The Morgan fingerprint density at radius 1 is 1.41 bits per heavy atom. The highest BCUT2D eigenvalue weighted by Crippen LogP contribution is 2.14. The second-order valence-corrected chi connectivity index (χ2v) is 5.42. The molecule has 0 aliphatic carbocycles. The van der Waals surface area contributed by atoms with Crippen LogP contribution in [0.5, 0.6) is 0 Å². The first kappa shape index (κ1) is 16.3. The van der Waals surface area contributed by atoms with E-state index in [-0.39, 0.29) is 12.0 Å². The number of hydrogen-bond acceptors (Lipinski definition) is 5. The number of nitrogens with one attached hydrogen (secondary N) is 1. The standard InChI is InChI=1S/C14H23N5O3/c1-4-22-14(21)18-7-8-19-11(10-18)9-12(16-19)13(20)15-5-6-17(2)3/h9H,4-8,10H2,1-3H3,(H,15,20). The summed E-state index contributed by atoms with van der Waals surface area (Å²) in [4.78, 5) is 27.4. The van der Waals surface area contributed by atoms with E-state index in [1.165, 1.54) is 0 Å². The number of nitrogens with zero attached hydrogens (tertiary/aromatic N) is 4. The Morgan fingerprint density at radius 2 is 2.18 bits per heavy atom. The van der Waals surface area contributed by atoms with Gasteiger partial charge in [0.2, 0.25) is 0 Å². The highest BCUT2D eigenvalue weighted by Gasteiger charge is 2.24. The van der Waals surface area contributed by atoms with E-state index in [1.54, 1.807) is 22.6 Å². The third-order valence-corrected chi connectivity index (χ3v) is 3.40. The molecule has 8 heteroatoms. The van der Waals surface area contributed by atoms with Crippen LogP contribution in [0.4, 0.5) is 4.79 Å². The molecular weight excluding hydrogens is 286 g/mol. The van der Waals surface area contributed by atoms with E-state index in [1.807, 2.05) is 19.0 Å². The van der Waals surface area contributed by atoms with E-state index in [9.17, 15) is 9.59 Å². The van der Waals surface area contributed by atoms with Gasteiger partial charge >= 0.3 is 6.09 Å². The van der Waals surface area contributed by atoms with Crippen molar-refractivity contribution in [2.75, 3.05) is 40.3 Å². The molecule has 1 N–H and O–H groups in total. The van der Waals surface area contributed by atoms with Crippen molar-refractivity contribution in [1.82, 2.24) is 24.9 Å². The zero-order valence-corrected chi connectivity index (χ0v) is 13.3. The minimum atomic E-state index is -0.327. The topological polar surface area (TPSA) is 79.7 Å². The Morgan fingerprint density at radius 3 is 2.86 bits per heavy atom. The van der Waals surface area contributed by atoms with E-state index in [4.69, 9.17) is 4.74 Å². The Hall–Kier alpha value is -2.09. The van der Waals surface area contributed by atoms with E-state index < -0.39 is 0 Å². The normalized spacial score (nSPS) is 13.9. The first-order chi connectivity index (χ1) is 10.5. The van der Waals surface area contributed by atoms with Gasteiger partial charge in [-0.2, -0.15) is 5.10 Å². The molecule has 0 saturated carbocycles. The molecule has 2 amide bonds. The third kappa shape index (κ3) is 3.97. The lowest BCUT2D eigenvalue weighted by atomic mass is 10.3. The molecule has 1 aromatic rings. The predicted octanol–water partition coefficient (Wildman–Crippen LogP) is 0.147. The molecule has 2 rings (SSSR count). The number of amides is 2. The van der Waals surface area contributed by atoms with Gasteiger partial charge in [0.15, 0.2) is 5.69 Å². The molecule has 2 heterocycles. The summed E-state index contributed by atoms with van der Waals surface area (Å²) in [6.45, 7) is 5.00. The van der Waals surface area contributed by atoms with Gasteiger partial charge in [0.25, 0.3) is 5.91 Å². The highest BCUT2D eigenvalue weighted by atomic mass is 16.6. The second-order valence-electron chi connectivity index (χ2n) is 5.42. The molecule has 122 valence electrons. The summed E-state index contributed by atoms with van der Waals surface area (Å²) in [7, 11) is 3.90. The summed E-state index contributed by atoms with van der Waals surface area (Å²) in [6.07, 6.45) is -0.327. The van der Waals surface area contributed by atoms with Gasteiger partial charge in [0.05, 0.1) is 25.4 Å². The van der Waals surface area contributed by atoms with Gasteiger partial charge in [-0.15, -0.1) is 0 Å². The Kier molecular flexibility index (Phi) is 5.37. The SMILES string of the molecule is CCOC(=O)N1CCn2nc(C(=O)NCCN(C)C)cc2C1. The highest BCUT2D eigenvalue weighted by molar-refractivity contribution is 5.92. The fourth-order valence-electron chi connectivity index (χ4n) is 2.23. The molecular formula is C14H23N5O3. The predicted molar refractivity (Wildman–Crippen MR) is 80.5 cm³/mol. The van der Waals surface area contributed by atoms with Crippen LogP contribution in [0.15, 0.2) is 6.07 Å². The van der Waals surface area contributed by atoms with Gasteiger partial charge < -0.3 is 19.9 Å². The molecule has 1 aliphatic rings. The largest absolute Gasteiger partial charge is 0.450 e. The Bertz CT molecular complexity index is 541. The van der Waals surface area contributed by atoms with Gasteiger partial charge in [0.1, 0.15) is 0 Å². The first-order valence-electron chi connectivity index (χ1n) is 7.42. The molecule has 22 heavy (non-hydrogen) atoms. The Labute approximate surface area is 130 Å². The van der Waals surface area contributed by atoms with Crippen LogP contribution >= 0.6 is 0 Å². The summed E-state index contributed by atoms with van der Waals surface area (Å²) >= 11 is 0. The van der Waals surface area contributed by atoms with Crippen molar-refractivity contribution >= 4 is 12.0 Å². The van der Waals surface area contributed by atoms with Gasteiger partial charge in [0, 0.05) is 19.6 Å². The number of carbonyl (C=O) groups is 2. The molecule has 0 spiro atoms. The molecule has 0 bridgehead atoms. The summed E-state index contributed by atoms with van der Waals surface area (Å²) in [5, 5.41) is 7.13. The van der Waals surface area contributed by atoms with Gasteiger partial charge in [-0.05, 0) is 27.1 Å². The number of carbonyl (C=O) groups excluding carboxylic acids is 2. The molecule has 0 saturated heterocycles. The smallest absolute Gasteiger partial charge is 0.410 e. The van der Waals surface area contributed by atoms with Gasteiger partial charge in [-0.3, -0.25) is 9.48 Å². The van der Waals surface area contributed by atoms with Crippen LogP contribution in [-0.2, 0) is 17.8 Å². The van der Waals surface area contributed by atoms with Crippen molar-refractivity contribution in [3.05, 3.63) is 17.5 Å². The minimum absolute atomic E-state index is 0.188. The molecule has 0 fully saturated rings. The lowest BCUT2D eigenvalue weighted by Crippen LogP contribution is -2.38. The van der Waals surface area contributed by atoms with Crippen molar-refractivity contribution in [2.24, 2.45) is 0 Å². The summed E-state index contributed by atoms with van der Waals surface area (Å²) < 4.78 is 6.77. The molecule has 8 nitrogen and oxygen atoms in total. The van der Waals surface area contributed by atoms with Crippen LogP contribution in [0.25, 0.3) is 0 Å². The number of ether oxygens (including phenoxy) is 1. The van der Waals surface area contributed by atoms with Gasteiger partial charge in [-0.1, -0.05) is 0 Å². The van der Waals surface area contributed by atoms with Crippen LogP contribution in [0.3, 0.4) is 0 Å². The van der Waals surface area contributed by atoms with Crippen LogP contribution < -0.4 is 5.32 Å². The summed E-state index contributed by atoms with van der Waals surface area (Å²) in [6, 6.07) is 1.73. The average molecular weight is 309 g/mol. The minimum Gasteiger partial charge on any atom is -0.450 e. The molecule has 0 aromatic carbocycles. The number of aromatic nitrogens is 2. The van der Waals surface area contributed by atoms with E-state index in [0.29, 0.717) is 38.5 Å². The molecule has 1 aromatic heterocycles. The van der Waals surface area contributed by atoms with E-state index in [0.717, 1.165) is 12.2 Å². The lowest BCUT2D eigenvalue weighted by molar-refractivity contribution is 0.0933. The van der Waals surface area contributed by atoms with Crippen LogP contribution in [0.2, 0.25) is 0 Å². The van der Waals surface area contributed by atoms with E-state index in [2.05, 4.69) is 10.4 Å². The molecule has 0 radical (unpaired) electrons. The van der Waals surface area contributed by atoms with Crippen LogP contribution in [0, 0.1) is 0 Å². The number of likely N-dealkylation sites (N-methyl/N-ethyl adjacent to an activating group) is 1. The lowest BCUT2D eigenvalue weighted by Gasteiger charge is -2.26. The number of fused-ring (bicyclic) bond motifs is 1. The Balaban J connectivity index is 1.96. The number of hydrogen-bond donors (Lipinski definition) is 1. The van der Waals surface area contributed by atoms with Crippen molar-refractivity contribution in [2.45, 2.75) is 20.0 Å². The summed E-state index contributed by atoms with van der Waals surface area (Å²) in [5.41, 5.74) is 1.23. The first-order valence-corrected chi connectivity index (χ1v) is 7.42. The maximum absolute atomic E-state index is 12.1. The molecule has 0 atom stereocenters. The van der Waals surface area contributed by atoms with Crippen LogP contribution in [0.1, 0.15) is 23.1 Å². The van der Waals surface area contributed by atoms with Gasteiger partial charge in [-0.25, -0.2) is 4.79 Å². The average Bonchev–Trinajstić information content (AvgIpc) is 2.90. The molecule has 1 aliphatic heterocycles. The quantitative estimate of drug-likeness (QED) is 0.837. The van der Waals surface area contributed by atoms with Crippen molar-refractivity contribution in [3.8, 4) is 0 Å². The van der Waals surface area contributed by atoms with Crippen LogP contribution in [-0.4, -0.2) is 71.9 Å². The van der Waals surface area contributed by atoms with Crippen molar-refractivity contribution in [3.63, 3.8) is 0 Å². The monoisotopic (exact) mass is 309 g/mol. The zero-order valence-electron chi connectivity index (χ0n) is 13.3. The fourth-order valence-corrected chi connectivity index (χ4v) is 2.23. The third-order valence-electron chi connectivity index (χ3n) is 3.40. The molecule has 0 unspecified atom stereocenters. The second kappa shape index (κ2) is 7.26. The van der Waals surface area contributed by atoms with E-state index >= 15 is 0 Å². The van der Waals surface area contributed by atoms with Crippen molar-refractivity contribution in [1.29, 1.82) is 0 Å².